The summed E-state index contributed by atoms with van der Waals surface area (Å²) in [7, 11) is -1.84. The van der Waals surface area contributed by atoms with Crippen LogP contribution in [0.3, 0.4) is 0 Å². The van der Waals surface area contributed by atoms with Gasteiger partial charge in [0.15, 0.2) is 0 Å². The standard InChI is InChI=1S/C3H9BO4/c1-3(2)7-8-4(5)6/h3,5-6H,1-2H3. The van der Waals surface area contributed by atoms with E-state index in [0.29, 0.717) is 0 Å². The molecule has 0 aliphatic rings. The lowest BCUT2D eigenvalue weighted by molar-refractivity contribution is -0.260. The Morgan fingerprint density at radius 3 is 2.00 bits per heavy atom. The monoisotopic (exact) mass is 120 g/mol. The molecular formula is C3H9BO4. The molecule has 2 N–H and O–H groups in total. The van der Waals surface area contributed by atoms with E-state index < -0.39 is 7.32 Å². The molecule has 0 aromatic carbocycles. The van der Waals surface area contributed by atoms with Crippen molar-refractivity contribution in [3.05, 3.63) is 0 Å². The first kappa shape index (κ1) is 7.90. The highest BCUT2D eigenvalue weighted by molar-refractivity contribution is 6.32. The van der Waals surface area contributed by atoms with Crippen molar-refractivity contribution in [1.29, 1.82) is 0 Å². The second kappa shape index (κ2) is 3.85. The van der Waals surface area contributed by atoms with Gasteiger partial charge in [-0.1, -0.05) is 0 Å². The van der Waals surface area contributed by atoms with Crippen LogP contribution in [0.25, 0.3) is 0 Å². The summed E-state index contributed by atoms with van der Waals surface area (Å²) >= 11 is 0. The molecule has 0 unspecified atom stereocenters. The lowest BCUT2D eigenvalue weighted by Gasteiger charge is -2.03. The molecule has 0 heterocycles. The van der Waals surface area contributed by atoms with Crippen LogP contribution < -0.4 is 0 Å². The van der Waals surface area contributed by atoms with E-state index in [4.69, 9.17) is 10.0 Å². The molecular weight excluding hydrogens is 111 g/mol. The number of rotatable bonds is 3. The van der Waals surface area contributed by atoms with Gasteiger partial charge in [-0.15, -0.1) is 0 Å². The van der Waals surface area contributed by atoms with Gasteiger partial charge in [0, 0.05) is 0 Å². The van der Waals surface area contributed by atoms with Gasteiger partial charge in [0.2, 0.25) is 0 Å². The minimum atomic E-state index is -1.84. The highest BCUT2D eigenvalue weighted by Crippen LogP contribution is 1.87. The minimum Gasteiger partial charge on any atom is -0.400 e. The Bertz CT molecular complexity index is 47.2. The molecule has 0 spiro atoms. The average molecular weight is 120 g/mol. The van der Waals surface area contributed by atoms with Crippen LogP contribution in [0.4, 0.5) is 0 Å². The molecule has 0 bridgehead atoms. The van der Waals surface area contributed by atoms with E-state index in [0.717, 1.165) is 0 Å². The van der Waals surface area contributed by atoms with Crippen molar-refractivity contribution in [3.8, 4) is 0 Å². The molecule has 8 heavy (non-hydrogen) atoms. The van der Waals surface area contributed by atoms with Gasteiger partial charge in [0.25, 0.3) is 0 Å². The van der Waals surface area contributed by atoms with Crippen molar-refractivity contribution in [3.63, 3.8) is 0 Å². The molecule has 5 heteroatoms. The van der Waals surface area contributed by atoms with E-state index in [1.165, 1.54) is 0 Å². The summed E-state index contributed by atoms with van der Waals surface area (Å²) in [5.41, 5.74) is 0. The summed E-state index contributed by atoms with van der Waals surface area (Å²) in [5, 5.41) is 16.0. The van der Waals surface area contributed by atoms with E-state index in [1.807, 2.05) is 0 Å². The number of hydrogen-bond acceptors (Lipinski definition) is 4. The molecule has 0 aliphatic carbocycles. The summed E-state index contributed by atoms with van der Waals surface area (Å²) < 4.78 is 0. The van der Waals surface area contributed by atoms with E-state index in [2.05, 4.69) is 9.69 Å². The van der Waals surface area contributed by atoms with Crippen LogP contribution >= 0.6 is 0 Å². The van der Waals surface area contributed by atoms with Crippen molar-refractivity contribution in [2.24, 2.45) is 0 Å². The Morgan fingerprint density at radius 1 is 1.38 bits per heavy atom. The van der Waals surface area contributed by atoms with Crippen LogP contribution in [0.5, 0.6) is 0 Å². The van der Waals surface area contributed by atoms with E-state index in [9.17, 15) is 0 Å². The topological polar surface area (TPSA) is 58.9 Å². The van der Waals surface area contributed by atoms with Crippen LogP contribution in [-0.2, 0) is 9.69 Å². The largest absolute Gasteiger partial charge is 0.662 e. The van der Waals surface area contributed by atoms with Crippen molar-refractivity contribution in [2.45, 2.75) is 20.0 Å². The maximum atomic E-state index is 8.01. The van der Waals surface area contributed by atoms with Gasteiger partial charge in [0.1, 0.15) is 0 Å². The van der Waals surface area contributed by atoms with Crippen LogP contribution in [0.1, 0.15) is 13.8 Å². The van der Waals surface area contributed by atoms with Gasteiger partial charge in [-0.25, -0.2) is 9.69 Å². The fourth-order valence-electron chi connectivity index (χ4n) is 0.161. The summed E-state index contributed by atoms with van der Waals surface area (Å²) in [4.78, 5) is 8.22. The SMILES string of the molecule is CC(C)OOB(O)O. The molecule has 0 saturated heterocycles. The van der Waals surface area contributed by atoms with Gasteiger partial charge in [-0.05, 0) is 13.8 Å². The molecule has 0 radical (unpaired) electrons. The third kappa shape index (κ3) is 5.90. The average Bonchev–Trinajstić information content (AvgIpc) is 1.61. The van der Waals surface area contributed by atoms with Gasteiger partial charge in [-0.3, -0.25) is 0 Å². The van der Waals surface area contributed by atoms with Gasteiger partial charge < -0.3 is 10.0 Å². The summed E-state index contributed by atoms with van der Waals surface area (Å²) in [6, 6.07) is 0. The Balaban J connectivity index is 2.93. The predicted molar refractivity (Wildman–Crippen MR) is 27.5 cm³/mol. The molecule has 0 aromatic rings. The molecule has 0 fully saturated rings. The predicted octanol–water partition coefficient (Wildman–Crippen LogP) is -0.688. The fourth-order valence-corrected chi connectivity index (χ4v) is 0.161. The molecule has 0 saturated carbocycles. The molecule has 0 aromatic heterocycles. The maximum Gasteiger partial charge on any atom is 0.662 e. The highest BCUT2D eigenvalue weighted by Gasteiger charge is 2.09. The zero-order chi connectivity index (χ0) is 6.57. The summed E-state index contributed by atoms with van der Waals surface area (Å²) in [5.74, 6) is 0. The third-order valence-electron chi connectivity index (χ3n) is 0.334. The van der Waals surface area contributed by atoms with Crippen molar-refractivity contribution < 1.29 is 19.7 Å². The lowest BCUT2D eigenvalue weighted by Crippen LogP contribution is -2.19. The molecule has 0 amide bonds. The quantitative estimate of drug-likeness (QED) is 0.294. The van der Waals surface area contributed by atoms with E-state index in [1.54, 1.807) is 13.8 Å². The molecule has 0 atom stereocenters. The zero-order valence-corrected chi connectivity index (χ0v) is 4.87. The molecule has 0 rings (SSSR count). The van der Waals surface area contributed by atoms with E-state index >= 15 is 0 Å². The third-order valence-corrected chi connectivity index (χ3v) is 0.334. The first-order valence-electron chi connectivity index (χ1n) is 2.31. The molecule has 48 valence electrons. The van der Waals surface area contributed by atoms with Gasteiger partial charge in [-0.2, -0.15) is 0 Å². The zero-order valence-electron chi connectivity index (χ0n) is 4.87. The Hall–Kier alpha value is -0.0951. The normalized spacial score (nSPS) is 10.1. The molecule has 4 nitrogen and oxygen atoms in total. The smallest absolute Gasteiger partial charge is 0.400 e. The minimum absolute atomic E-state index is 0.156. The first-order valence-corrected chi connectivity index (χ1v) is 2.31. The lowest BCUT2D eigenvalue weighted by atomic mass is 10.3. The molecule has 0 aliphatic heterocycles. The van der Waals surface area contributed by atoms with Gasteiger partial charge in [0.05, 0.1) is 6.10 Å². The van der Waals surface area contributed by atoms with Crippen molar-refractivity contribution in [1.82, 2.24) is 0 Å². The first-order chi connectivity index (χ1) is 3.63. The number of hydrogen-bond donors (Lipinski definition) is 2. The second-order valence-electron chi connectivity index (χ2n) is 1.57. The Kier molecular flexibility index (Phi) is 3.81. The van der Waals surface area contributed by atoms with Crippen LogP contribution in [0, 0.1) is 0 Å². The van der Waals surface area contributed by atoms with E-state index in [-0.39, 0.29) is 6.10 Å². The highest BCUT2D eigenvalue weighted by atomic mass is 17.2. The van der Waals surface area contributed by atoms with Crippen molar-refractivity contribution in [2.75, 3.05) is 0 Å². The van der Waals surface area contributed by atoms with Crippen molar-refractivity contribution >= 4 is 7.32 Å². The van der Waals surface area contributed by atoms with Crippen LogP contribution in [-0.4, -0.2) is 23.5 Å². The van der Waals surface area contributed by atoms with Crippen LogP contribution in [0.15, 0.2) is 0 Å². The van der Waals surface area contributed by atoms with Crippen LogP contribution in [0.2, 0.25) is 0 Å². The second-order valence-corrected chi connectivity index (χ2v) is 1.57. The Morgan fingerprint density at radius 2 is 1.88 bits per heavy atom. The summed E-state index contributed by atoms with van der Waals surface area (Å²) in [6.45, 7) is 3.42. The maximum absolute atomic E-state index is 8.01. The summed E-state index contributed by atoms with van der Waals surface area (Å²) in [6.07, 6.45) is -0.156. The fraction of sp³-hybridized carbons (Fsp3) is 1.00. The Labute approximate surface area is 48.1 Å². The van der Waals surface area contributed by atoms with Gasteiger partial charge >= 0.3 is 7.32 Å².